The lowest BCUT2D eigenvalue weighted by atomic mass is 10.1. The highest BCUT2D eigenvalue weighted by Gasteiger charge is 2.11. The number of hydrogen-bond acceptors (Lipinski definition) is 2. The van der Waals surface area contributed by atoms with Crippen molar-refractivity contribution in [3.63, 3.8) is 0 Å². The lowest BCUT2D eigenvalue weighted by molar-refractivity contribution is 0.307. The van der Waals surface area contributed by atoms with Crippen LogP contribution in [0.5, 0.6) is 5.75 Å². The topological polar surface area (TPSA) is 37.9 Å². The Kier molecular flexibility index (Phi) is 2.95. The predicted octanol–water partition coefficient (Wildman–Crippen LogP) is 3.76. The van der Waals surface area contributed by atoms with E-state index in [1.165, 1.54) is 5.56 Å². The molecule has 3 nitrogen and oxygen atoms in total. The molecule has 0 aliphatic rings. The Hall–Kier alpha value is -2.29. The third-order valence-corrected chi connectivity index (χ3v) is 3.26. The Bertz CT molecular complexity index is 701. The van der Waals surface area contributed by atoms with Gasteiger partial charge in [0.15, 0.2) is 0 Å². The molecular formula is C16H16N2O. The van der Waals surface area contributed by atoms with E-state index in [4.69, 9.17) is 4.74 Å². The second-order valence-corrected chi connectivity index (χ2v) is 4.74. The second-order valence-electron chi connectivity index (χ2n) is 4.74. The van der Waals surface area contributed by atoms with Crippen LogP contribution in [0, 0.1) is 13.8 Å². The van der Waals surface area contributed by atoms with Crippen molar-refractivity contribution in [2.45, 2.75) is 20.5 Å². The second kappa shape index (κ2) is 4.76. The molecule has 0 fully saturated rings. The molecule has 0 atom stereocenters. The van der Waals surface area contributed by atoms with E-state index in [1.807, 2.05) is 18.2 Å². The first kappa shape index (κ1) is 11.8. The first-order valence-electron chi connectivity index (χ1n) is 6.35. The van der Waals surface area contributed by atoms with E-state index in [9.17, 15) is 0 Å². The predicted molar refractivity (Wildman–Crippen MR) is 76.3 cm³/mol. The van der Waals surface area contributed by atoms with E-state index in [0.717, 1.165) is 27.9 Å². The minimum atomic E-state index is 0.568. The molecule has 2 aromatic carbocycles. The van der Waals surface area contributed by atoms with Gasteiger partial charge in [0, 0.05) is 0 Å². The molecule has 0 spiro atoms. The number of imidazole rings is 1. The molecule has 0 saturated heterocycles. The van der Waals surface area contributed by atoms with Crippen LogP contribution >= 0.6 is 0 Å². The zero-order valence-corrected chi connectivity index (χ0v) is 11.1. The molecule has 3 aromatic rings. The zero-order valence-electron chi connectivity index (χ0n) is 11.1. The van der Waals surface area contributed by atoms with Crippen LogP contribution in [0.1, 0.15) is 16.7 Å². The number of nitrogens with zero attached hydrogens (tertiary/aromatic N) is 1. The van der Waals surface area contributed by atoms with Gasteiger partial charge in [-0.25, -0.2) is 4.98 Å². The average Bonchev–Trinajstić information content (AvgIpc) is 2.89. The summed E-state index contributed by atoms with van der Waals surface area (Å²) in [6, 6.07) is 12.3. The number of hydrogen-bond donors (Lipinski definition) is 1. The summed E-state index contributed by atoms with van der Waals surface area (Å²) in [6.07, 6.45) is 1.71. The summed E-state index contributed by atoms with van der Waals surface area (Å²) in [6.45, 7) is 4.70. The van der Waals surface area contributed by atoms with Gasteiger partial charge in [0.25, 0.3) is 0 Å². The van der Waals surface area contributed by atoms with Crippen molar-refractivity contribution in [1.82, 2.24) is 9.97 Å². The smallest absolute Gasteiger partial charge is 0.148 e. The molecular weight excluding hydrogens is 236 g/mol. The standard InChI is InChI=1S/C16H16N2O/c1-11-8-12(2)16(15-14(11)17-10-18-15)19-9-13-6-4-3-5-7-13/h3-8,10H,9H2,1-2H3,(H,17,18). The quantitative estimate of drug-likeness (QED) is 0.770. The number of aromatic amines is 1. The maximum Gasteiger partial charge on any atom is 0.148 e. The molecule has 0 unspecified atom stereocenters. The van der Waals surface area contributed by atoms with E-state index in [2.05, 4.69) is 42.0 Å². The van der Waals surface area contributed by atoms with Crippen molar-refractivity contribution in [3.8, 4) is 5.75 Å². The fourth-order valence-corrected chi connectivity index (χ4v) is 2.34. The molecule has 0 amide bonds. The van der Waals surface area contributed by atoms with Crippen molar-refractivity contribution in [2.75, 3.05) is 0 Å². The number of H-pyrrole nitrogens is 1. The molecule has 19 heavy (non-hydrogen) atoms. The SMILES string of the molecule is Cc1cc(C)c2nc[nH]c2c1OCc1ccccc1. The van der Waals surface area contributed by atoms with Crippen LogP contribution in [0.25, 0.3) is 11.0 Å². The van der Waals surface area contributed by atoms with E-state index in [-0.39, 0.29) is 0 Å². The normalized spacial score (nSPS) is 10.8. The van der Waals surface area contributed by atoms with Gasteiger partial charge in [-0.3, -0.25) is 0 Å². The zero-order chi connectivity index (χ0) is 13.2. The van der Waals surface area contributed by atoms with Crippen molar-refractivity contribution >= 4 is 11.0 Å². The molecule has 1 N–H and O–H groups in total. The molecule has 0 bridgehead atoms. The molecule has 3 rings (SSSR count). The number of nitrogens with one attached hydrogen (secondary N) is 1. The largest absolute Gasteiger partial charge is 0.486 e. The number of benzene rings is 2. The molecule has 3 heteroatoms. The van der Waals surface area contributed by atoms with E-state index in [1.54, 1.807) is 6.33 Å². The van der Waals surface area contributed by atoms with Crippen LogP contribution in [0.15, 0.2) is 42.7 Å². The van der Waals surface area contributed by atoms with Gasteiger partial charge >= 0.3 is 0 Å². The van der Waals surface area contributed by atoms with Crippen LogP contribution < -0.4 is 4.74 Å². The van der Waals surface area contributed by atoms with Crippen LogP contribution in [0.4, 0.5) is 0 Å². The Morgan fingerprint density at radius 2 is 1.89 bits per heavy atom. The van der Waals surface area contributed by atoms with Crippen LogP contribution in [0.2, 0.25) is 0 Å². The number of ether oxygens (including phenoxy) is 1. The van der Waals surface area contributed by atoms with Gasteiger partial charge in [-0.15, -0.1) is 0 Å². The Balaban J connectivity index is 1.95. The third kappa shape index (κ3) is 2.19. The van der Waals surface area contributed by atoms with Gasteiger partial charge in [0.05, 0.1) is 11.8 Å². The van der Waals surface area contributed by atoms with Gasteiger partial charge in [0.2, 0.25) is 0 Å². The van der Waals surface area contributed by atoms with Crippen LogP contribution in [0.3, 0.4) is 0 Å². The monoisotopic (exact) mass is 252 g/mol. The van der Waals surface area contributed by atoms with E-state index >= 15 is 0 Å². The fraction of sp³-hybridized carbons (Fsp3) is 0.188. The summed E-state index contributed by atoms with van der Waals surface area (Å²) in [5.41, 5.74) is 5.42. The summed E-state index contributed by atoms with van der Waals surface area (Å²) in [5.74, 6) is 0.891. The third-order valence-electron chi connectivity index (χ3n) is 3.26. The van der Waals surface area contributed by atoms with Gasteiger partial charge in [-0.1, -0.05) is 36.4 Å². The van der Waals surface area contributed by atoms with E-state index in [0.29, 0.717) is 6.61 Å². The Morgan fingerprint density at radius 3 is 2.68 bits per heavy atom. The van der Waals surface area contributed by atoms with Crippen molar-refractivity contribution in [1.29, 1.82) is 0 Å². The maximum atomic E-state index is 5.98. The van der Waals surface area contributed by atoms with E-state index < -0.39 is 0 Å². The first-order chi connectivity index (χ1) is 9.25. The Labute approximate surface area is 112 Å². The first-order valence-corrected chi connectivity index (χ1v) is 6.35. The lowest BCUT2D eigenvalue weighted by Crippen LogP contribution is -1.98. The molecule has 0 aliphatic carbocycles. The molecule has 0 aliphatic heterocycles. The number of aromatic nitrogens is 2. The average molecular weight is 252 g/mol. The van der Waals surface area contributed by atoms with Crippen molar-refractivity contribution in [2.24, 2.45) is 0 Å². The lowest BCUT2D eigenvalue weighted by Gasteiger charge is -2.11. The summed E-state index contributed by atoms with van der Waals surface area (Å²) in [7, 11) is 0. The minimum Gasteiger partial charge on any atom is -0.486 e. The highest BCUT2D eigenvalue weighted by Crippen LogP contribution is 2.30. The van der Waals surface area contributed by atoms with Crippen LogP contribution in [-0.2, 0) is 6.61 Å². The summed E-state index contributed by atoms with van der Waals surface area (Å²) < 4.78 is 5.98. The number of fused-ring (bicyclic) bond motifs is 1. The minimum absolute atomic E-state index is 0.568. The fourth-order valence-electron chi connectivity index (χ4n) is 2.34. The molecule has 96 valence electrons. The highest BCUT2D eigenvalue weighted by atomic mass is 16.5. The summed E-state index contributed by atoms with van der Waals surface area (Å²) in [4.78, 5) is 7.51. The molecule has 1 aromatic heterocycles. The number of rotatable bonds is 3. The van der Waals surface area contributed by atoms with Gasteiger partial charge < -0.3 is 9.72 Å². The number of aryl methyl sites for hydroxylation is 2. The molecule has 0 radical (unpaired) electrons. The Morgan fingerprint density at radius 1 is 1.11 bits per heavy atom. The maximum absolute atomic E-state index is 5.98. The molecule has 1 heterocycles. The van der Waals surface area contributed by atoms with Gasteiger partial charge in [-0.05, 0) is 30.5 Å². The van der Waals surface area contributed by atoms with Gasteiger partial charge in [-0.2, -0.15) is 0 Å². The summed E-state index contributed by atoms with van der Waals surface area (Å²) >= 11 is 0. The van der Waals surface area contributed by atoms with Crippen LogP contribution in [-0.4, -0.2) is 9.97 Å². The van der Waals surface area contributed by atoms with Gasteiger partial charge in [0.1, 0.15) is 17.9 Å². The van der Waals surface area contributed by atoms with Crippen molar-refractivity contribution in [3.05, 3.63) is 59.4 Å². The molecule has 0 saturated carbocycles. The highest BCUT2D eigenvalue weighted by molar-refractivity contribution is 5.85. The van der Waals surface area contributed by atoms with Crippen molar-refractivity contribution < 1.29 is 4.74 Å². The summed E-state index contributed by atoms with van der Waals surface area (Å²) in [5, 5.41) is 0.